The molecule has 1 aromatic carbocycles. The van der Waals surface area contributed by atoms with E-state index in [1.54, 1.807) is 0 Å². The zero-order chi connectivity index (χ0) is 10.2. The van der Waals surface area contributed by atoms with Crippen LogP contribution in [0.3, 0.4) is 0 Å². The Balaban J connectivity index is 2.19. The molecule has 0 unspecified atom stereocenters. The normalized spacial score (nSPS) is 12.0. The van der Waals surface area contributed by atoms with Crippen LogP contribution in [0.15, 0.2) is 30.3 Å². The van der Waals surface area contributed by atoms with Gasteiger partial charge in [0.25, 0.3) is 0 Å². The Kier molecular flexibility index (Phi) is 4.74. The van der Waals surface area contributed by atoms with Crippen molar-refractivity contribution in [2.45, 2.75) is 20.0 Å². The fourth-order valence-corrected chi connectivity index (χ4v) is 1.17. The molecule has 0 fully saturated rings. The number of nitrogens with zero attached hydrogens (tertiary/aromatic N) is 1. The summed E-state index contributed by atoms with van der Waals surface area (Å²) in [5, 5.41) is 8.45. The molecule has 0 saturated carbocycles. The average molecular weight is 189 g/mol. The Morgan fingerprint density at radius 3 is 2.71 bits per heavy atom. The maximum atomic E-state index is 8.45. The van der Waals surface area contributed by atoms with Crippen LogP contribution in [0.4, 0.5) is 0 Å². The second-order valence-corrected chi connectivity index (χ2v) is 3.47. The van der Waals surface area contributed by atoms with Crippen LogP contribution < -0.4 is 0 Å². The van der Waals surface area contributed by atoms with Gasteiger partial charge >= 0.3 is 0 Å². The minimum Gasteiger partial charge on any atom is -0.376 e. The molecule has 1 aromatic rings. The third kappa shape index (κ3) is 4.06. The second kappa shape index (κ2) is 6.17. The van der Waals surface area contributed by atoms with Crippen molar-refractivity contribution in [3.8, 4) is 6.07 Å². The van der Waals surface area contributed by atoms with E-state index in [0.29, 0.717) is 25.6 Å². The quantitative estimate of drug-likeness (QED) is 0.713. The molecular weight excluding hydrogens is 174 g/mol. The van der Waals surface area contributed by atoms with Gasteiger partial charge in [-0.15, -0.1) is 0 Å². The maximum Gasteiger partial charge on any atom is 0.0717 e. The molecule has 0 amide bonds. The van der Waals surface area contributed by atoms with E-state index in [-0.39, 0.29) is 0 Å². The predicted molar refractivity (Wildman–Crippen MR) is 55.5 cm³/mol. The third-order valence-electron chi connectivity index (χ3n) is 1.95. The molecule has 0 spiro atoms. The van der Waals surface area contributed by atoms with Gasteiger partial charge in [0.1, 0.15) is 0 Å². The fraction of sp³-hybridized carbons (Fsp3) is 0.417. The van der Waals surface area contributed by atoms with Crippen LogP contribution in [0.25, 0.3) is 0 Å². The van der Waals surface area contributed by atoms with Crippen molar-refractivity contribution < 1.29 is 4.74 Å². The van der Waals surface area contributed by atoms with Crippen LogP contribution in [0.5, 0.6) is 0 Å². The number of nitriles is 1. The molecule has 0 aliphatic heterocycles. The molecule has 0 radical (unpaired) electrons. The van der Waals surface area contributed by atoms with E-state index in [1.807, 2.05) is 37.3 Å². The molecule has 74 valence electrons. The fourth-order valence-electron chi connectivity index (χ4n) is 1.17. The lowest BCUT2D eigenvalue weighted by Crippen LogP contribution is -2.04. The Morgan fingerprint density at radius 2 is 2.07 bits per heavy atom. The van der Waals surface area contributed by atoms with Crippen molar-refractivity contribution in [3.63, 3.8) is 0 Å². The zero-order valence-corrected chi connectivity index (χ0v) is 8.44. The lowest BCUT2D eigenvalue weighted by atomic mass is 10.1. The van der Waals surface area contributed by atoms with Gasteiger partial charge in [-0.1, -0.05) is 37.3 Å². The topological polar surface area (TPSA) is 33.0 Å². The standard InChI is InChI=1S/C12H15NO/c1-11(7-8-13)9-14-10-12-5-3-2-4-6-12/h2-6,11H,7,9-10H2,1H3/t11-/m0/s1. The van der Waals surface area contributed by atoms with Crippen LogP contribution >= 0.6 is 0 Å². The van der Waals surface area contributed by atoms with E-state index in [9.17, 15) is 0 Å². The van der Waals surface area contributed by atoms with Gasteiger partial charge in [0, 0.05) is 6.42 Å². The summed E-state index contributed by atoms with van der Waals surface area (Å²) in [4.78, 5) is 0. The van der Waals surface area contributed by atoms with Crippen molar-refractivity contribution in [1.29, 1.82) is 5.26 Å². The van der Waals surface area contributed by atoms with Crippen molar-refractivity contribution in [3.05, 3.63) is 35.9 Å². The highest BCUT2D eigenvalue weighted by Gasteiger charge is 2.00. The van der Waals surface area contributed by atoms with E-state index < -0.39 is 0 Å². The minimum atomic E-state index is 0.323. The van der Waals surface area contributed by atoms with Gasteiger partial charge in [0.2, 0.25) is 0 Å². The molecule has 0 aromatic heterocycles. The first-order valence-corrected chi connectivity index (χ1v) is 4.81. The first-order valence-electron chi connectivity index (χ1n) is 4.81. The molecule has 2 heteroatoms. The SMILES string of the molecule is C[C@@H](CC#N)COCc1ccccc1. The molecular formula is C12H15NO. The van der Waals surface area contributed by atoms with E-state index in [0.717, 1.165) is 0 Å². The Hall–Kier alpha value is -1.33. The summed E-state index contributed by atoms with van der Waals surface area (Å²) in [6.07, 6.45) is 0.564. The summed E-state index contributed by atoms with van der Waals surface area (Å²) >= 11 is 0. The minimum absolute atomic E-state index is 0.323. The van der Waals surface area contributed by atoms with Gasteiger partial charge in [-0.25, -0.2) is 0 Å². The molecule has 0 heterocycles. The summed E-state index contributed by atoms with van der Waals surface area (Å²) in [5.74, 6) is 0.323. The molecule has 0 aliphatic carbocycles. The van der Waals surface area contributed by atoms with Gasteiger partial charge in [-0.05, 0) is 11.5 Å². The maximum absolute atomic E-state index is 8.45. The summed E-state index contributed by atoms with van der Waals surface area (Å²) in [6, 6.07) is 12.2. The van der Waals surface area contributed by atoms with Gasteiger partial charge in [0.15, 0.2) is 0 Å². The highest BCUT2D eigenvalue weighted by Crippen LogP contribution is 2.05. The van der Waals surface area contributed by atoms with Crippen molar-refractivity contribution in [2.75, 3.05) is 6.61 Å². The molecule has 1 rings (SSSR count). The lowest BCUT2D eigenvalue weighted by molar-refractivity contribution is 0.0933. The van der Waals surface area contributed by atoms with Crippen molar-refractivity contribution >= 4 is 0 Å². The average Bonchev–Trinajstić information content (AvgIpc) is 2.20. The van der Waals surface area contributed by atoms with E-state index in [4.69, 9.17) is 10.00 Å². The smallest absolute Gasteiger partial charge is 0.0717 e. The van der Waals surface area contributed by atoms with Crippen LogP contribution in [-0.4, -0.2) is 6.61 Å². The van der Waals surface area contributed by atoms with Gasteiger partial charge in [0.05, 0.1) is 19.3 Å². The summed E-state index contributed by atoms with van der Waals surface area (Å²) in [5.41, 5.74) is 1.18. The molecule has 0 aliphatic rings. The van der Waals surface area contributed by atoms with Crippen LogP contribution in [-0.2, 0) is 11.3 Å². The molecule has 2 nitrogen and oxygen atoms in total. The second-order valence-electron chi connectivity index (χ2n) is 3.47. The summed E-state index contributed by atoms with van der Waals surface area (Å²) < 4.78 is 5.48. The molecule has 0 bridgehead atoms. The monoisotopic (exact) mass is 189 g/mol. The summed E-state index contributed by atoms with van der Waals surface area (Å²) in [7, 11) is 0. The Morgan fingerprint density at radius 1 is 1.36 bits per heavy atom. The lowest BCUT2D eigenvalue weighted by Gasteiger charge is -2.08. The highest BCUT2D eigenvalue weighted by atomic mass is 16.5. The van der Waals surface area contributed by atoms with Crippen molar-refractivity contribution in [1.82, 2.24) is 0 Å². The zero-order valence-electron chi connectivity index (χ0n) is 8.44. The van der Waals surface area contributed by atoms with Gasteiger partial charge in [-0.2, -0.15) is 5.26 Å². The summed E-state index contributed by atoms with van der Waals surface area (Å²) in [6.45, 7) is 3.31. The third-order valence-corrected chi connectivity index (χ3v) is 1.95. The first-order chi connectivity index (χ1) is 6.83. The number of hydrogen-bond acceptors (Lipinski definition) is 2. The molecule has 1 atom stereocenters. The van der Waals surface area contributed by atoms with Gasteiger partial charge in [-0.3, -0.25) is 0 Å². The molecule has 0 N–H and O–H groups in total. The number of rotatable bonds is 5. The van der Waals surface area contributed by atoms with Crippen LogP contribution in [0, 0.1) is 17.2 Å². The first kappa shape index (κ1) is 10.7. The predicted octanol–water partition coefficient (Wildman–Crippen LogP) is 2.75. The molecule has 14 heavy (non-hydrogen) atoms. The largest absolute Gasteiger partial charge is 0.376 e. The Bertz CT molecular complexity index is 289. The van der Waals surface area contributed by atoms with E-state index >= 15 is 0 Å². The molecule has 0 saturated heterocycles. The van der Waals surface area contributed by atoms with Gasteiger partial charge < -0.3 is 4.74 Å². The number of benzene rings is 1. The van der Waals surface area contributed by atoms with E-state index in [1.165, 1.54) is 5.56 Å². The van der Waals surface area contributed by atoms with Crippen LogP contribution in [0.1, 0.15) is 18.9 Å². The van der Waals surface area contributed by atoms with Crippen molar-refractivity contribution in [2.24, 2.45) is 5.92 Å². The Labute approximate surface area is 85.1 Å². The van der Waals surface area contributed by atoms with E-state index in [2.05, 4.69) is 6.07 Å². The highest BCUT2D eigenvalue weighted by molar-refractivity contribution is 5.13. The number of ether oxygens (including phenoxy) is 1. The van der Waals surface area contributed by atoms with Crippen LogP contribution in [0.2, 0.25) is 0 Å². The number of hydrogen-bond donors (Lipinski definition) is 0.